The SMILES string of the molecule is c1ccc(-c2nc(-n3c4ccc(-c5ccc(-c6ccc7sc8ccccc8c7c6)cc5)cc4c4c5ccccc5ccc43)nc3ccccc23)cc1. The Labute approximate surface area is 303 Å². The minimum Gasteiger partial charge on any atom is -0.278 e. The normalized spacial score (nSPS) is 11.8. The van der Waals surface area contributed by atoms with Gasteiger partial charge in [0, 0.05) is 41.9 Å². The number of nitrogens with zero attached hydrogens (tertiary/aromatic N) is 3. The summed E-state index contributed by atoms with van der Waals surface area (Å²) in [5, 5.41) is 8.51. The molecule has 0 bridgehead atoms. The summed E-state index contributed by atoms with van der Waals surface area (Å²) in [7, 11) is 0. The number of hydrogen-bond acceptors (Lipinski definition) is 3. The molecule has 0 radical (unpaired) electrons. The van der Waals surface area contributed by atoms with Gasteiger partial charge in [0.15, 0.2) is 0 Å². The van der Waals surface area contributed by atoms with Crippen molar-refractivity contribution in [1.82, 2.24) is 14.5 Å². The predicted octanol–water partition coefficient (Wildman–Crippen LogP) is 13.2. The van der Waals surface area contributed by atoms with Crippen molar-refractivity contribution in [2.75, 3.05) is 0 Å². The van der Waals surface area contributed by atoms with E-state index in [1.807, 2.05) is 23.5 Å². The Morgan fingerprint density at radius 3 is 1.83 bits per heavy atom. The van der Waals surface area contributed by atoms with E-state index in [4.69, 9.17) is 9.97 Å². The molecule has 8 aromatic carbocycles. The quantitative estimate of drug-likeness (QED) is 0.185. The molecular weight excluding hydrogens is 651 g/mol. The molecule has 3 aromatic heterocycles. The first kappa shape index (κ1) is 29.1. The van der Waals surface area contributed by atoms with E-state index in [1.165, 1.54) is 64.0 Å². The van der Waals surface area contributed by atoms with Gasteiger partial charge in [-0.3, -0.25) is 4.57 Å². The Morgan fingerprint density at radius 2 is 1.00 bits per heavy atom. The average molecular weight is 680 g/mol. The van der Waals surface area contributed by atoms with Crippen LogP contribution in [0.3, 0.4) is 0 Å². The van der Waals surface area contributed by atoms with Gasteiger partial charge in [-0.2, -0.15) is 0 Å². The Hall–Kier alpha value is -6.62. The van der Waals surface area contributed by atoms with E-state index in [9.17, 15) is 0 Å². The molecule has 11 aromatic rings. The molecule has 242 valence electrons. The van der Waals surface area contributed by atoms with Crippen molar-refractivity contribution in [3.8, 4) is 39.5 Å². The van der Waals surface area contributed by atoms with Gasteiger partial charge < -0.3 is 0 Å². The fourth-order valence-electron chi connectivity index (χ4n) is 7.93. The average Bonchev–Trinajstić information content (AvgIpc) is 3.76. The smallest absolute Gasteiger partial charge is 0.235 e. The van der Waals surface area contributed by atoms with Gasteiger partial charge in [0.05, 0.1) is 22.2 Å². The highest BCUT2D eigenvalue weighted by molar-refractivity contribution is 7.25. The maximum absolute atomic E-state index is 5.30. The number of benzene rings is 8. The molecule has 0 aliphatic carbocycles. The summed E-state index contributed by atoms with van der Waals surface area (Å²) in [6.07, 6.45) is 0. The highest BCUT2D eigenvalue weighted by atomic mass is 32.1. The number of thiophene rings is 1. The van der Waals surface area contributed by atoms with E-state index < -0.39 is 0 Å². The molecule has 3 heterocycles. The fourth-order valence-corrected chi connectivity index (χ4v) is 9.01. The lowest BCUT2D eigenvalue weighted by Crippen LogP contribution is -2.03. The monoisotopic (exact) mass is 679 g/mol. The maximum atomic E-state index is 5.30. The first-order valence-electron chi connectivity index (χ1n) is 17.6. The summed E-state index contributed by atoms with van der Waals surface area (Å²) in [4.78, 5) is 10.5. The van der Waals surface area contributed by atoms with Crippen LogP contribution in [0.2, 0.25) is 0 Å². The van der Waals surface area contributed by atoms with Crippen LogP contribution in [0.15, 0.2) is 176 Å². The molecule has 0 unspecified atom stereocenters. The number of hydrogen-bond donors (Lipinski definition) is 0. The van der Waals surface area contributed by atoms with Crippen LogP contribution in [-0.2, 0) is 0 Å². The third kappa shape index (κ3) is 4.51. The predicted molar refractivity (Wildman–Crippen MR) is 221 cm³/mol. The van der Waals surface area contributed by atoms with Crippen LogP contribution in [0, 0.1) is 0 Å². The molecule has 0 atom stereocenters. The molecule has 4 heteroatoms. The zero-order chi connectivity index (χ0) is 34.2. The van der Waals surface area contributed by atoms with Crippen LogP contribution in [0.1, 0.15) is 0 Å². The van der Waals surface area contributed by atoms with E-state index in [-0.39, 0.29) is 0 Å². The van der Waals surface area contributed by atoms with Crippen molar-refractivity contribution in [2.24, 2.45) is 0 Å². The molecule has 0 aliphatic rings. The van der Waals surface area contributed by atoms with Crippen LogP contribution in [0.25, 0.3) is 103 Å². The number of aromatic nitrogens is 3. The van der Waals surface area contributed by atoms with Crippen molar-refractivity contribution in [3.63, 3.8) is 0 Å². The minimum atomic E-state index is 0.667. The Morgan fingerprint density at radius 1 is 0.385 bits per heavy atom. The van der Waals surface area contributed by atoms with Crippen LogP contribution in [-0.4, -0.2) is 14.5 Å². The fraction of sp³-hybridized carbons (Fsp3) is 0. The number of rotatable bonds is 4. The Kier molecular flexibility index (Phi) is 6.42. The molecule has 11 rings (SSSR count). The first-order valence-corrected chi connectivity index (χ1v) is 18.4. The maximum Gasteiger partial charge on any atom is 0.235 e. The molecule has 0 aliphatic heterocycles. The lowest BCUT2D eigenvalue weighted by atomic mass is 9.97. The zero-order valence-corrected chi connectivity index (χ0v) is 28.8. The largest absolute Gasteiger partial charge is 0.278 e. The van der Waals surface area contributed by atoms with E-state index >= 15 is 0 Å². The molecule has 0 spiro atoms. The van der Waals surface area contributed by atoms with Gasteiger partial charge in [-0.25, -0.2) is 9.97 Å². The third-order valence-corrected chi connectivity index (χ3v) is 11.6. The van der Waals surface area contributed by atoms with Crippen LogP contribution in [0.4, 0.5) is 0 Å². The van der Waals surface area contributed by atoms with E-state index in [0.29, 0.717) is 5.95 Å². The highest BCUT2D eigenvalue weighted by Gasteiger charge is 2.19. The highest BCUT2D eigenvalue weighted by Crippen LogP contribution is 2.40. The second-order valence-electron chi connectivity index (χ2n) is 13.4. The molecular formula is C48H29N3S. The molecule has 0 amide bonds. The summed E-state index contributed by atoms with van der Waals surface area (Å²) in [5.74, 6) is 0.667. The van der Waals surface area contributed by atoms with Crippen molar-refractivity contribution in [2.45, 2.75) is 0 Å². The van der Waals surface area contributed by atoms with E-state index in [1.54, 1.807) is 0 Å². The summed E-state index contributed by atoms with van der Waals surface area (Å²) >= 11 is 1.86. The van der Waals surface area contributed by atoms with Gasteiger partial charge in [0.25, 0.3) is 0 Å². The minimum absolute atomic E-state index is 0.667. The van der Waals surface area contributed by atoms with Gasteiger partial charge >= 0.3 is 0 Å². The Balaban J connectivity index is 1.09. The van der Waals surface area contributed by atoms with E-state index in [2.05, 4.69) is 168 Å². The van der Waals surface area contributed by atoms with Crippen LogP contribution in [0.5, 0.6) is 0 Å². The second-order valence-corrected chi connectivity index (χ2v) is 14.5. The van der Waals surface area contributed by atoms with Gasteiger partial charge in [0.2, 0.25) is 5.95 Å². The van der Waals surface area contributed by atoms with Crippen LogP contribution < -0.4 is 0 Å². The zero-order valence-electron chi connectivity index (χ0n) is 28.0. The first-order chi connectivity index (χ1) is 25.8. The molecule has 0 N–H and O–H groups in total. The molecule has 0 fully saturated rings. The lowest BCUT2D eigenvalue weighted by Gasteiger charge is -2.12. The van der Waals surface area contributed by atoms with Crippen LogP contribution >= 0.6 is 11.3 Å². The molecule has 3 nitrogen and oxygen atoms in total. The topological polar surface area (TPSA) is 30.7 Å². The second kappa shape index (κ2) is 11.5. The summed E-state index contributed by atoms with van der Waals surface area (Å²) in [6.45, 7) is 0. The van der Waals surface area contributed by atoms with Crippen molar-refractivity contribution >= 4 is 75.0 Å². The van der Waals surface area contributed by atoms with Gasteiger partial charge in [-0.05, 0) is 75.5 Å². The third-order valence-electron chi connectivity index (χ3n) is 10.4. The van der Waals surface area contributed by atoms with Gasteiger partial charge in [-0.15, -0.1) is 11.3 Å². The molecule has 0 saturated heterocycles. The number of para-hydroxylation sites is 1. The summed E-state index contributed by atoms with van der Waals surface area (Å²) in [5.41, 5.74) is 9.90. The van der Waals surface area contributed by atoms with Crippen molar-refractivity contribution in [3.05, 3.63) is 176 Å². The van der Waals surface area contributed by atoms with Gasteiger partial charge in [-0.1, -0.05) is 133 Å². The van der Waals surface area contributed by atoms with Crippen molar-refractivity contribution in [1.29, 1.82) is 0 Å². The molecule has 0 saturated carbocycles. The summed E-state index contributed by atoms with van der Waals surface area (Å²) in [6, 6.07) is 63.2. The lowest BCUT2D eigenvalue weighted by molar-refractivity contribution is 1.01. The number of fused-ring (bicyclic) bond motifs is 9. The van der Waals surface area contributed by atoms with Crippen molar-refractivity contribution < 1.29 is 0 Å². The molecule has 52 heavy (non-hydrogen) atoms. The summed E-state index contributed by atoms with van der Waals surface area (Å²) < 4.78 is 4.90. The Bertz CT molecular complexity index is 3170. The van der Waals surface area contributed by atoms with Gasteiger partial charge in [0.1, 0.15) is 0 Å². The van der Waals surface area contributed by atoms with E-state index in [0.717, 1.165) is 33.2 Å². The standard InChI is InChI=1S/C48H29N3S/c1-2-11-33(12-3-1)47-38-15-6-8-16-41(38)49-48(50-47)51-42-25-23-34(29-40(42)46-36-13-5-4-10-32(36)22-26-43(46)51)30-18-20-31(21-19-30)35-24-27-45-39(28-35)37-14-7-9-17-44(37)52-45/h1-29H.